The van der Waals surface area contributed by atoms with Gasteiger partial charge in [-0.1, -0.05) is 13.8 Å². The number of hydrogen-bond acceptors (Lipinski definition) is 3. The quantitative estimate of drug-likeness (QED) is 0.660. The number of nitrogens with zero attached hydrogens (tertiary/aromatic N) is 2. The molecule has 1 aliphatic heterocycles. The van der Waals surface area contributed by atoms with Crippen LogP contribution >= 0.6 is 11.8 Å². The maximum absolute atomic E-state index is 2.55. The summed E-state index contributed by atoms with van der Waals surface area (Å²) in [5.74, 6) is 1.21. The smallest absolute Gasteiger partial charge is 0.0447 e. The summed E-state index contributed by atoms with van der Waals surface area (Å²) in [6.45, 7) is 9.49. The lowest BCUT2D eigenvalue weighted by molar-refractivity contribution is 0.174. The van der Waals surface area contributed by atoms with Crippen LogP contribution in [0.5, 0.6) is 0 Å². The van der Waals surface area contributed by atoms with Crippen molar-refractivity contribution >= 4 is 11.8 Å². The fourth-order valence-electron chi connectivity index (χ4n) is 1.23. The molecule has 2 nitrogen and oxygen atoms in total. The average molecular weight is 188 g/mol. The topological polar surface area (TPSA) is 6.48 Å². The molecule has 0 bridgehead atoms. The molecule has 0 aromatic rings. The zero-order valence-corrected chi connectivity index (χ0v) is 9.23. The van der Waals surface area contributed by atoms with Crippen molar-refractivity contribution in [2.24, 2.45) is 0 Å². The van der Waals surface area contributed by atoms with E-state index in [4.69, 9.17) is 0 Å². The second kappa shape index (κ2) is 5.10. The van der Waals surface area contributed by atoms with Crippen LogP contribution in [0.2, 0.25) is 0 Å². The Kier molecular flexibility index (Phi) is 4.40. The van der Waals surface area contributed by atoms with Crippen LogP contribution < -0.4 is 0 Å². The molecule has 0 aromatic carbocycles. The van der Waals surface area contributed by atoms with Crippen molar-refractivity contribution < 1.29 is 0 Å². The molecule has 0 aliphatic carbocycles. The van der Waals surface area contributed by atoms with Gasteiger partial charge in [0.25, 0.3) is 0 Å². The van der Waals surface area contributed by atoms with E-state index in [1.165, 1.54) is 32.1 Å². The minimum absolute atomic E-state index is 0.768. The van der Waals surface area contributed by atoms with Gasteiger partial charge in [-0.25, -0.2) is 0 Å². The molecule has 72 valence electrons. The Bertz CT molecular complexity index is 120. The van der Waals surface area contributed by atoms with Gasteiger partial charge < -0.3 is 4.90 Å². The molecule has 0 aromatic heterocycles. The van der Waals surface area contributed by atoms with Crippen molar-refractivity contribution in [2.75, 3.05) is 39.1 Å². The van der Waals surface area contributed by atoms with Crippen LogP contribution in [0.25, 0.3) is 0 Å². The van der Waals surface area contributed by atoms with E-state index in [1.807, 2.05) is 11.8 Å². The molecular weight excluding hydrogens is 168 g/mol. The highest BCUT2D eigenvalue weighted by Gasteiger charge is 2.13. The van der Waals surface area contributed by atoms with Gasteiger partial charge in [0.1, 0.15) is 0 Å². The van der Waals surface area contributed by atoms with Crippen molar-refractivity contribution in [3.63, 3.8) is 0 Å². The van der Waals surface area contributed by atoms with Crippen molar-refractivity contribution in [1.29, 1.82) is 0 Å². The molecule has 0 unspecified atom stereocenters. The summed E-state index contributed by atoms with van der Waals surface area (Å²) in [7, 11) is 2.20. The molecule has 0 N–H and O–H groups in total. The first-order chi connectivity index (χ1) is 5.68. The first-order valence-corrected chi connectivity index (χ1v) is 5.76. The normalized spacial score (nSPS) is 22.0. The van der Waals surface area contributed by atoms with Gasteiger partial charge in [-0.2, -0.15) is 0 Å². The number of piperazine rings is 1. The summed E-state index contributed by atoms with van der Waals surface area (Å²) < 4.78 is 0. The third-order valence-corrected chi connectivity index (χ3v) is 3.37. The van der Waals surface area contributed by atoms with Crippen LogP contribution in [-0.2, 0) is 0 Å². The van der Waals surface area contributed by atoms with Crippen molar-refractivity contribution in [3.8, 4) is 0 Å². The van der Waals surface area contributed by atoms with Crippen molar-refractivity contribution in [2.45, 2.75) is 19.1 Å². The minimum Gasteiger partial charge on any atom is -0.304 e. The molecule has 0 radical (unpaired) electrons. The van der Waals surface area contributed by atoms with Crippen LogP contribution in [0.3, 0.4) is 0 Å². The van der Waals surface area contributed by atoms with Crippen LogP contribution in [0.1, 0.15) is 13.8 Å². The SMILES string of the molecule is CC(C)SCN1CCN(C)CC1. The summed E-state index contributed by atoms with van der Waals surface area (Å²) in [5.41, 5.74) is 0. The van der Waals surface area contributed by atoms with Crippen LogP contribution in [0, 0.1) is 0 Å². The predicted octanol–water partition coefficient (Wildman–Crippen LogP) is 1.33. The monoisotopic (exact) mass is 188 g/mol. The van der Waals surface area contributed by atoms with E-state index < -0.39 is 0 Å². The maximum atomic E-state index is 2.55. The second-order valence-electron chi connectivity index (χ2n) is 3.77. The van der Waals surface area contributed by atoms with Gasteiger partial charge in [0.15, 0.2) is 0 Å². The Morgan fingerprint density at radius 3 is 2.25 bits per heavy atom. The van der Waals surface area contributed by atoms with Crippen LogP contribution in [0.15, 0.2) is 0 Å². The van der Waals surface area contributed by atoms with E-state index in [2.05, 4.69) is 30.7 Å². The minimum atomic E-state index is 0.768. The fourth-order valence-corrected chi connectivity index (χ4v) is 2.00. The van der Waals surface area contributed by atoms with Gasteiger partial charge in [-0.05, 0) is 7.05 Å². The third-order valence-electron chi connectivity index (χ3n) is 2.19. The molecule has 0 spiro atoms. The Labute approximate surface area is 80.3 Å². The van der Waals surface area contributed by atoms with Gasteiger partial charge in [0.05, 0.1) is 0 Å². The summed E-state index contributed by atoms with van der Waals surface area (Å²) in [4.78, 5) is 4.95. The van der Waals surface area contributed by atoms with Gasteiger partial charge >= 0.3 is 0 Å². The first kappa shape index (κ1) is 10.4. The molecule has 0 amide bonds. The standard InChI is InChI=1S/C9H20N2S/c1-9(2)12-8-11-6-4-10(3)5-7-11/h9H,4-8H2,1-3H3. The summed E-state index contributed by atoms with van der Waals surface area (Å²) >= 11 is 2.05. The Morgan fingerprint density at radius 1 is 1.17 bits per heavy atom. The molecule has 3 heteroatoms. The lowest BCUT2D eigenvalue weighted by atomic mass is 10.4. The molecule has 1 fully saturated rings. The van der Waals surface area contributed by atoms with Crippen molar-refractivity contribution in [3.05, 3.63) is 0 Å². The molecule has 12 heavy (non-hydrogen) atoms. The number of likely N-dealkylation sites (N-methyl/N-ethyl adjacent to an activating group) is 1. The molecule has 1 heterocycles. The van der Waals surface area contributed by atoms with E-state index in [1.54, 1.807) is 0 Å². The highest BCUT2D eigenvalue weighted by molar-refractivity contribution is 7.99. The van der Waals surface area contributed by atoms with E-state index in [0.717, 1.165) is 5.25 Å². The third kappa shape index (κ3) is 3.78. The molecular formula is C9H20N2S. The Morgan fingerprint density at radius 2 is 1.75 bits per heavy atom. The molecule has 1 rings (SSSR count). The molecule has 0 atom stereocenters. The summed E-state index contributed by atoms with van der Waals surface area (Å²) in [5, 5.41) is 0.768. The van der Waals surface area contributed by atoms with Gasteiger partial charge in [0, 0.05) is 37.3 Å². The lowest BCUT2D eigenvalue weighted by Crippen LogP contribution is -2.44. The summed E-state index contributed by atoms with van der Waals surface area (Å²) in [6.07, 6.45) is 0. The van der Waals surface area contributed by atoms with E-state index in [0.29, 0.717) is 0 Å². The molecule has 1 aliphatic rings. The molecule has 0 saturated carbocycles. The van der Waals surface area contributed by atoms with E-state index >= 15 is 0 Å². The zero-order chi connectivity index (χ0) is 8.97. The largest absolute Gasteiger partial charge is 0.304 e. The van der Waals surface area contributed by atoms with Gasteiger partial charge in [-0.3, -0.25) is 4.90 Å². The highest BCUT2D eigenvalue weighted by Crippen LogP contribution is 2.12. The van der Waals surface area contributed by atoms with E-state index in [-0.39, 0.29) is 0 Å². The predicted molar refractivity (Wildman–Crippen MR) is 56.7 cm³/mol. The maximum Gasteiger partial charge on any atom is 0.0447 e. The number of hydrogen-bond donors (Lipinski definition) is 0. The Hall–Kier alpha value is 0.270. The average Bonchev–Trinajstić information content (AvgIpc) is 2.03. The number of thioether (sulfide) groups is 1. The van der Waals surface area contributed by atoms with Crippen LogP contribution in [-0.4, -0.2) is 54.2 Å². The van der Waals surface area contributed by atoms with Crippen molar-refractivity contribution in [1.82, 2.24) is 9.80 Å². The van der Waals surface area contributed by atoms with Gasteiger partial charge in [0.2, 0.25) is 0 Å². The number of rotatable bonds is 3. The zero-order valence-electron chi connectivity index (χ0n) is 8.42. The first-order valence-electron chi connectivity index (χ1n) is 4.71. The summed E-state index contributed by atoms with van der Waals surface area (Å²) in [6, 6.07) is 0. The lowest BCUT2D eigenvalue weighted by Gasteiger charge is -2.32. The fraction of sp³-hybridized carbons (Fsp3) is 1.00. The van der Waals surface area contributed by atoms with Gasteiger partial charge in [-0.15, -0.1) is 11.8 Å². The second-order valence-corrected chi connectivity index (χ2v) is 5.30. The Balaban J connectivity index is 2.09. The molecule has 1 saturated heterocycles. The highest BCUT2D eigenvalue weighted by atomic mass is 32.2. The van der Waals surface area contributed by atoms with E-state index in [9.17, 15) is 0 Å². The van der Waals surface area contributed by atoms with Crippen LogP contribution in [0.4, 0.5) is 0 Å².